The average Bonchev–Trinajstić information content (AvgIpc) is 2.37. The van der Waals surface area contributed by atoms with Crippen LogP contribution in [0.5, 0.6) is 0 Å². The first kappa shape index (κ1) is 9.01. The van der Waals surface area contributed by atoms with E-state index in [2.05, 4.69) is 11.8 Å². The van der Waals surface area contributed by atoms with Gasteiger partial charge in [0.25, 0.3) is 0 Å². The standard InChI is InChI=1S/C9H19NO/c1-9-5-4-7-10(9)6-2-3-8-11/h9,11H,2-8H2,1H3/t9-/m1/s1. The average molecular weight is 157 g/mol. The number of aliphatic hydroxyl groups is 1. The van der Waals surface area contributed by atoms with E-state index in [1.807, 2.05) is 0 Å². The SMILES string of the molecule is C[C@@H]1CCCN1CCCCO. The van der Waals surface area contributed by atoms with Gasteiger partial charge in [0.1, 0.15) is 0 Å². The Balaban J connectivity index is 2.05. The molecule has 1 saturated heterocycles. The van der Waals surface area contributed by atoms with Crippen molar-refractivity contribution in [1.29, 1.82) is 0 Å². The summed E-state index contributed by atoms with van der Waals surface area (Å²) in [4.78, 5) is 2.52. The normalized spacial score (nSPS) is 26.2. The summed E-state index contributed by atoms with van der Waals surface area (Å²) >= 11 is 0. The van der Waals surface area contributed by atoms with Crippen LogP contribution in [0.1, 0.15) is 32.6 Å². The minimum atomic E-state index is 0.349. The molecule has 2 nitrogen and oxygen atoms in total. The van der Waals surface area contributed by atoms with Gasteiger partial charge in [0, 0.05) is 12.6 Å². The molecule has 1 rings (SSSR count). The van der Waals surface area contributed by atoms with Crippen LogP contribution in [-0.4, -0.2) is 35.7 Å². The van der Waals surface area contributed by atoms with E-state index in [0.29, 0.717) is 6.61 Å². The lowest BCUT2D eigenvalue weighted by molar-refractivity contribution is 0.238. The fraction of sp³-hybridized carbons (Fsp3) is 1.00. The Morgan fingerprint density at radius 2 is 2.27 bits per heavy atom. The van der Waals surface area contributed by atoms with Crippen LogP contribution in [-0.2, 0) is 0 Å². The molecular formula is C9H19NO. The van der Waals surface area contributed by atoms with Crippen molar-refractivity contribution in [3.05, 3.63) is 0 Å². The fourth-order valence-corrected chi connectivity index (χ4v) is 1.75. The summed E-state index contributed by atoms with van der Waals surface area (Å²) in [6.45, 7) is 5.10. The maximum Gasteiger partial charge on any atom is 0.0431 e. The molecule has 1 aliphatic rings. The number of hydrogen-bond donors (Lipinski definition) is 1. The summed E-state index contributed by atoms with van der Waals surface area (Å²) < 4.78 is 0. The third kappa shape index (κ3) is 2.80. The smallest absolute Gasteiger partial charge is 0.0431 e. The second kappa shape index (κ2) is 4.73. The first-order valence-corrected chi connectivity index (χ1v) is 4.69. The van der Waals surface area contributed by atoms with Crippen LogP contribution in [0.25, 0.3) is 0 Å². The van der Waals surface area contributed by atoms with E-state index >= 15 is 0 Å². The second-order valence-electron chi connectivity index (χ2n) is 3.46. The molecule has 0 spiro atoms. The van der Waals surface area contributed by atoms with Crippen molar-refractivity contribution >= 4 is 0 Å². The predicted octanol–water partition coefficient (Wildman–Crippen LogP) is 1.24. The van der Waals surface area contributed by atoms with Crippen molar-refractivity contribution in [2.75, 3.05) is 19.7 Å². The number of aliphatic hydroxyl groups excluding tert-OH is 1. The number of rotatable bonds is 4. The Morgan fingerprint density at radius 1 is 1.45 bits per heavy atom. The first-order valence-electron chi connectivity index (χ1n) is 4.69. The van der Waals surface area contributed by atoms with Crippen molar-refractivity contribution < 1.29 is 5.11 Å². The zero-order valence-electron chi connectivity index (χ0n) is 7.42. The minimum Gasteiger partial charge on any atom is -0.396 e. The molecular weight excluding hydrogens is 138 g/mol. The number of nitrogens with zero attached hydrogens (tertiary/aromatic N) is 1. The van der Waals surface area contributed by atoms with Crippen LogP contribution < -0.4 is 0 Å². The second-order valence-corrected chi connectivity index (χ2v) is 3.46. The molecule has 1 fully saturated rings. The van der Waals surface area contributed by atoms with E-state index < -0.39 is 0 Å². The molecule has 0 amide bonds. The van der Waals surface area contributed by atoms with Gasteiger partial charge in [-0.2, -0.15) is 0 Å². The van der Waals surface area contributed by atoms with Crippen molar-refractivity contribution in [2.24, 2.45) is 0 Å². The summed E-state index contributed by atoms with van der Waals surface area (Å²) in [5, 5.41) is 8.59. The van der Waals surface area contributed by atoms with Crippen LogP contribution in [0.15, 0.2) is 0 Å². The number of likely N-dealkylation sites (tertiary alicyclic amines) is 1. The van der Waals surface area contributed by atoms with E-state index in [1.54, 1.807) is 0 Å². The quantitative estimate of drug-likeness (QED) is 0.621. The van der Waals surface area contributed by atoms with Crippen molar-refractivity contribution in [2.45, 2.75) is 38.6 Å². The van der Waals surface area contributed by atoms with E-state index in [4.69, 9.17) is 5.11 Å². The molecule has 1 atom stereocenters. The third-order valence-electron chi connectivity index (χ3n) is 2.54. The van der Waals surface area contributed by atoms with Crippen LogP contribution in [0.4, 0.5) is 0 Å². The van der Waals surface area contributed by atoms with E-state index in [9.17, 15) is 0 Å². The van der Waals surface area contributed by atoms with Gasteiger partial charge in [-0.3, -0.25) is 0 Å². The molecule has 1 heterocycles. The highest BCUT2D eigenvalue weighted by Crippen LogP contribution is 2.16. The van der Waals surface area contributed by atoms with Gasteiger partial charge >= 0.3 is 0 Å². The summed E-state index contributed by atoms with van der Waals surface area (Å²) in [5.41, 5.74) is 0. The fourth-order valence-electron chi connectivity index (χ4n) is 1.75. The highest BCUT2D eigenvalue weighted by molar-refractivity contribution is 4.74. The van der Waals surface area contributed by atoms with Gasteiger partial charge < -0.3 is 10.0 Å². The molecule has 0 radical (unpaired) electrons. The summed E-state index contributed by atoms with van der Waals surface area (Å²) in [5.74, 6) is 0. The van der Waals surface area contributed by atoms with Gasteiger partial charge in [-0.1, -0.05) is 0 Å². The van der Waals surface area contributed by atoms with Gasteiger partial charge in [0.2, 0.25) is 0 Å². The van der Waals surface area contributed by atoms with E-state index in [0.717, 1.165) is 18.9 Å². The van der Waals surface area contributed by atoms with Crippen LogP contribution in [0.2, 0.25) is 0 Å². The zero-order valence-corrected chi connectivity index (χ0v) is 7.42. The van der Waals surface area contributed by atoms with Crippen molar-refractivity contribution in [3.8, 4) is 0 Å². The molecule has 0 aromatic heterocycles. The van der Waals surface area contributed by atoms with E-state index in [-0.39, 0.29) is 0 Å². The van der Waals surface area contributed by atoms with Crippen molar-refractivity contribution in [3.63, 3.8) is 0 Å². The molecule has 1 aliphatic heterocycles. The van der Waals surface area contributed by atoms with Gasteiger partial charge in [-0.05, 0) is 45.7 Å². The highest BCUT2D eigenvalue weighted by atomic mass is 16.2. The molecule has 0 aromatic rings. The summed E-state index contributed by atoms with van der Waals surface area (Å²) in [6, 6.07) is 0.786. The lowest BCUT2D eigenvalue weighted by Gasteiger charge is -2.20. The van der Waals surface area contributed by atoms with Crippen LogP contribution in [0.3, 0.4) is 0 Å². The maximum atomic E-state index is 8.59. The largest absolute Gasteiger partial charge is 0.396 e. The Hall–Kier alpha value is -0.0800. The Bertz CT molecular complexity index is 106. The topological polar surface area (TPSA) is 23.5 Å². The first-order chi connectivity index (χ1) is 5.34. The van der Waals surface area contributed by atoms with Gasteiger partial charge in [-0.25, -0.2) is 0 Å². The predicted molar refractivity (Wildman–Crippen MR) is 46.6 cm³/mol. The molecule has 0 saturated carbocycles. The maximum absolute atomic E-state index is 8.59. The molecule has 0 aromatic carbocycles. The lowest BCUT2D eigenvalue weighted by atomic mass is 10.2. The summed E-state index contributed by atoms with van der Waals surface area (Å²) in [6.07, 6.45) is 4.84. The Kier molecular flexibility index (Phi) is 3.87. The molecule has 1 N–H and O–H groups in total. The van der Waals surface area contributed by atoms with Crippen molar-refractivity contribution in [1.82, 2.24) is 4.90 Å². The molecule has 0 aliphatic carbocycles. The molecule has 0 unspecified atom stereocenters. The number of hydrogen-bond acceptors (Lipinski definition) is 2. The Labute approximate surface area is 69.2 Å². The number of unbranched alkanes of at least 4 members (excludes halogenated alkanes) is 1. The minimum absolute atomic E-state index is 0.349. The van der Waals surface area contributed by atoms with Gasteiger partial charge in [0.05, 0.1) is 0 Å². The highest BCUT2D eigenvalue weighted by Gasteiger charge is 2.18. The molecule has 66 valence electrons. The van der Waals surface area contributed by atoms with Gasteiger partial charge in [0.15, 0.2) is 0 Å². The zero-order chi connectivity index (χ0) is 8.10. The summed E-state index contributed by atoms with van der Waals surface area (Å²) in [7, 11) is 0. The molecule has 11 heavy (non-hydrogen) atoms. The Morgan fingerprint density at radius 3 is 2.82 bits per heavy atom. The van der Waals surface area contributed by atoms with Crippen LogP contribution >= 0.6 is 0 Å². The third-order valence-corrected chi connectivity index (χ3v) is 2.54. The monoisotopic (exact) mass is 157 g/mol. The van der Waals surface area contributed by atoms with E-state index in [1.165, 1.54) is 25.9 Å². The molecule has 0 bridgehead atoms. The lowest BCUT2D eigenvalue weighted by Crippen LogP contribution is -2.27. The van der Waals surface area contributed by atoms with Crippen LogP contribution in [0, 0.1) is 0 Å². The molecule has 2 heteroatoms. The van der Waals surface area contributed by atoms with Gasteiger partial charge in [-0.15, -0.1) is 0 Å².